The van der Waals surface area contributed by atoms with Gasteiger partial charge in [-0.05, 0) is 66.4 Å². The van der Waals surface area contributed by atoms with E-state index in [0.29, 0.717) is 25.8 Å². The van der Waals surface area contributed by atoms with Crippen molar-refractivity contribution in [3.63, 3.8) is 0 Å². The fraction of sp³-hybridized carbons (Fsp3) is 0.0909. The standard InChI is InChI=1S/C22H18Cl2N4OS/c1-27(2)14-8-10-15(11-9-14)28-12-4-5-16(28)13-19-21(29)26-22(30-19)25-18-7-3-6-17(23)20(18)24/h3-13H,1-2H3,(H,25,26,29)/b19-13-. The molecule has 1 amide bonds. The zero-order valence-corrected chi connectivity index (χ0v) is 18.6. The normalized spacial score (nSPS) is 16.3. The summed E-state index contributed by atoms with van der Waals surface area (Å²) in [5.41, 5.74) is 3.54. The molecule has 152 valence electrons. The van der Waals surface area contributed by atoms with Gasteiger partial charge in [-0.25, -0.2) is 4.99 Å². The second-order valence-electron chi connectivity index (χ2n) is 6.77. The maximum absolute atomic E-state index is 12.5. The molecule has 0 bridgehead atoms. The summed E-state index contributed by atoms with van der Waals surface area (Å²) in [6.07, 6.45) is 3.82. The summed E-state index contributed by atoms with van der Waals surface area (Å²) in [5, 5.41) is 4.02. The van der Waals surface area contributed by atoms with Crippen LogP contribution in [-0.2, 0) is 4.79 Å². The van der Waals surface area contributed by atoms with Crippen LogP contribution in [0.5, 0.6) is 0 Å². The number of hydrogen-bond acceptors (Lipinski definition) is 4. The number of amidine groups is 1. The number of nitrogens with one attached hydrogen (secondary N) is 1. The minimum absolute atomic E-state index is 0.201. The lowest BCUT2D eigenvalue weighted by molar-refractivity contribution is -0.115. The first-order valence-corrected chi connectivity index (χ1v) is 10.7. The lowest BCUT2D eigenvalue weighted by Crippen LogP contribution is -2.19. The average molecular weight is 457 g/mol. The molecular weight excluding hydrogens is 439 g/mol. The first kappa shape index (κ1) is 20.6. The molecule has 2 aromatic carbocycles. The first-order valence-electron chi connectivity index (χ1n) is 9.11. The van der Waals surface area contributed by atoms with Crippen LogP contribution in [0.15, 0.2) is 70.7 Å². The largest absolute Gasteiger partial charge is 0.378 e. The molecule has 1 aliphatic heterocycles. The van der Waals surface area contributed by atoms with Gasteiger partial charge in [0.2, 0.25) is 0 Å². The molecule has 3 aromatic rings. The molecule has 1 aromatic heterocycles. The van der Waals surface area contributed by atoms with E-state index in [2.05, 4.69) is 27.3 Å². The van der Waals surface area contributed by atoms with E-state index in [4.69, 9.17) is 23.2 Å². The summed E-state index contributed by atoms with van der Waals surface area (Å²) in [6.45, 7) is 0. The van der Waals surface area contributed by atoms with Crippen LogP contribution in [0.3, 0.4) is 0 Å². The predicted molar refractivity (Wildman–Crippen MR) is 127 cm³/mol. The Balaban J connectivity index is 1.60. The van der Waals surface area contributed by atoms with E-state index in [1.54, 1.807) is 18.2 Å². The van der Waals surface area contributed by atoms with Crippen LogP contribution in [0.4, 0.5) is 11.4 Å². The molecular formula is C22H18Cl2N4OS. The van der Waals surface area contributed by atoms with Crippen molar-refractivity contribution in [3.8, 4) is 5.69 Å². The molecule has 0 unspecified atom stereocenters. The molecule has 0 atom stereocenters. The van der Waals surface area contributed by atoms with Gasteiger partial charge >= 0.3 is 0 Å². The van der Waals surface area contributed by atoms with E-state index in [9.17, 15) is 4.79 Å². The van der Waals surface area contributed by atoms with Crippen LogP contribution in [0.1, 0.15) is 5.69 Å². The Morgan fingerprint density at radius 2 is 1.83 bits per heavy atom. The van der Waals surface area contributed by atoms with Gasteiger partial charge in [0.05, 0.1) is 20.6 Å². The number of carbonyl (C=O) groups excluding carboxylic acids is 1. The number of hydrogen-bond donors (Lipinski definition) is 1. The zero-order chi connectivity index (χ0) is 21.3. The van der Waals surface area contributed by atoms with Gasteiger partial charge in [-0.15, -0.1) is 0 Å². The van der Waals surface area contributed by atoms with Crippen LogP contribution in [0.2, 0.25) is 10.0 Å². The van der Waals surface area contributed by atoms with Crippen LogP contribution >= 0.6 is 35.0 Å². The molecule has 4 rings (SSSR count). The van der Waals surface area contributed by atoms with Gasteiger partial charge in [0.1, 0.15) is 0 Å². The third kappa shape index (κ3) is 4.26. The number of aromatic nitrogens is 1. The summed E-state index contributed by atoms with van der Waals surface area (Å²) in [4.78, 5) is 19.5. The highest BCUT2D eigenvalue weighted by Gasteiger charge is 2.24. The van der Waals surface area contributed by atoms with Crippen LogP contribution in [0, 0.1) is 0 Å². The summed E-state index contributed by atoms with van der Waals surface area (Å²) in [5.74, 6) is -0.201. The summed E-state index contributed by atoms with van der Waals surface area (Å²) in [6, 6.07) is 17.3. The molecule has 1 fully saturated rings. The molecule has 1 saturated heterocycles. The molecule has 5 nitrogen and oxygen atoms in total. The van der Waals surface area contributed by atoms with E-state index in [0.717, 1.165) is 17.1 Å². The molecule has 2 heterocycles. The van der Waals surface area contributed by atoms with Gasteiger partial charge in [0.25, 0.3) is 5.91 Å². The van der Waals surface area contributed by atoms with Gasteiger partial charge in [-0.3, -0.25) is 4.79 Å². The van der Waals surface area contributed by atoms with Gasteiger partial charge < -0.3 is 14.8 Å². The van der Waals surface area contributed by atoms with Crippen molar-refractivity contribution >= 4 is 63.5 Å². The van der Waals surface area contributed by atoms with Crippen molar-refractivity contribution < 1.29 is 4.79 Å². The molecule has 8 heteroatoms. The number of rotatable bonds is 4. The third-order valence-corrected chi connectivity index (χ3v) is 6.23. The Bertz CT molecular complexity index is 1170. The van der Waals surface area contributed by atoms with Crippen LogP contribution in [0.25, 0.3) is 11.8 Å². The molecule has 0 radical (unpaired) electrons. The van der Waals surface area contributed by atoms with E-state index in [1.165, 1.54) is 11.8 Å². The second kappa shape index (κ2) is 8.60. The lowest BCUT2D eigenvalue weighted by atomic mass is 10.2. The summed E-state index contributed by atoms with van der Waals surface area (Å²) >= 11 is 13.5. The number of thioether (sulfide) groups is 1. The highest BCUT2D eigenvalue weighted by molar-refractivity contribution is 8.18. The highest BCUT2D eigenvalue weighted by Crippen LogP contribution is 2.34. The Morgan fingerprint density at radius 3 is 2.57 bits per heavy atom. The minimum Gasteiger partial charge on any atom is -0.378 e. The van der Waals surface area contributed by atoms with E-state index < -0.39 is 0 Å². The van der Waals surface area contributed by atoms with Crippen molar-refractivity contribution in [1.29, 1.82) is 0 Å². The average Bonchev–Trinajstić information content (AvgIpc) is 3.32. The Labute approximate surface area is 189 Å². The molecule has 1 N–H and O–H groups in total. The molecule has 0 saturated carbocycles. The van der Waals surface area contributed by atoms with E-state index in [1.807, 2.05) is 55.2 Å². The first-order chi connectivity index (χ1) is 14.4. The van der Waals surface area contributed by atoms with Crippen molar-refractivity contribution in [2.45, 2.75) is 0 Å². The van der Waals surface area contributed by atoms with Gasteiger partial charge in [-0.1, -0.05) is 29.3 Å². The maximum Gasteiger partial charge on any atom is 0.264 e. The maximum atomic E-state index is 12.5. The van der Waals surface area contributed by atoms with E-state index >= 15 is 0 Å². The SMILES string of the molecule is CN(C)c1ccc(-n2cccc2/C=C2\SC(=Nc3cccc(Cl)c3Cl)NC2=O)cc1. The van der Waals surface area contributed by atoms with Gasteiger partial charge in [-0.2, -0.15) is 0 Å². The minimum atomic E-state index is -0.201. The number of anilines is 1. The van der Waals surface area contributed by atoms with Crippen molar-refractivity contribution in [2.24, 2.45) is 4.99 Å². The topological polar surface area (TPSA) is 49.6 Å². The van der Waals surface area contributed by atoms with Crippen molar-refractivity contribution in [1.82, 2.24) is 9.88 Å². The summed E-state index contributed by atoms with van der Waals surface area (Å²) < 4.78 is 2.03. The highest BCUT2D eigenvalue weighted by atomic mass is 35.5. The summed E-state index contributed by atoms with van der Waals surface area (Å²) in [7, 11) is 4.01. The number of halogens is 2. The van der Waals surface area contributed by atoms with Gasteiger partial charge in [0.15, 0.2) is 5.17 Å². The van der Waals surface area contributed by atoms with E-state index in [-0.39, 0.29) is 5.91 Å². The Morgan fingerprint density at radius 1 is 1.07 bits per heavy atom. The zero-order valence-electron chi connectivity index (χ0n) is 16.3. The third-order valence-electron chi connectivity index (χ3n) is 4.51. The second-order valence-corrected chi connectivity index (χ2v) is 8.58. The van der Waals surface area contributed by atoms with Crippen LogP contribution in [-0.4, -0.2) is 29.7 Å². The number of aliphatic imine (C=N–C) groups is 1. The molecule has 0 aliphatic carbocycles. The van der Waals surface area contributed by atoms with Crippen molar-refractivity contribution in [2.75, 3.05) is 19.0 Å². The lowest BCUT2D eigenvalue weighted by Gasteiger charge is -2.13. The Kier molecular flexibility index (Phi) is 5.90. The van der Waals surface area contributed by atoms with Gasteiger partial charge in [0, 0.05) is 37.4 Å². The number of amides is 1. The number of benzene rings is 2. The quantitative estimate of drug-likeness (QED) is 0.509. The fourth-order valence-corrected chi connectivity index (χ4v) is 4.12. The molecule has 30 heavy (non-hydrogen) atoms. The molecule has 0 spiro atoms. The smallest absolute Gasteiger partial charge is 0.264 e. The monoisotopic (exact) mass is 456 g/mol. The number of carbonyl (C=O) groups is 1. The number of nitrogens with zero attached hydrogens (tertiary/aromatic N) is 3. The predicted octanol–water partition coefficient (Wildman–Crippen LogP) is 5.74. The molecule has 1 aliphatic rings. The van der Waals surface area contributed by atoms with Crippen LogP contribution < -0.4 is 10.2 Å². The Hall–Kier alpha value is -2.67. The fourth-order valence-electron chi connectivity index (χ4n) is 2.96. The van der Waals surface area contributed by atoms with Crippen molar-refractivity contribution in [3.05, 3.63) is 81.4 Å².